The monoisotopic (exact) mass is 310 g/mol. The van der Waals surface area contributed by atoms with Gasteiger partial charge in [-0.3, -0.25) is 0 Å². The number of halogens is 1. The molecule has 21 heavy (non-hydrogen) atoms. The fraction of sp³-hybridized carbons (Fsp3) is 0.647. The summed E-state index contributed by atoms with van der Waals surface area (Å²) in [5, 5.41) is 4.36. The van der Waals surface area contributed by atoms with Crippen molar-refractivity contribution in [3.63, 3.8) is 0 Å². The van der Waals surface area contributed by atoms with E-state index in [4.69, 9.17) is 16.3 Å². The summed E-state index contributed by atoms with van der Waals surface area (Å²) in [5.74, 6) is 1.56. The zero-order valence-electron chi connectivity index (χ0n) is 13.4. The predicted octanol–water partition coefficient (Wildman–Crippen LogP) is 4.27. The number of ether oxygens (including phenoxy) is 1. The fourth-order valence-electron chi connectivity index (χ4n) is 3.05. The average Bonchev–Trinajstić information content (AvgIpc) is 2.50. The second kappa shape index (κ2) is 7.90. The molecule has 0 saturated carbocycles. The van der Waals surface area contributed by atoms with Gasteiger partial charge in [0, 0.05) is 17.6 Å². The van der Waals surface area contributed by atoms with Gasteiger partial charge in [0.2, 0.25) is 0 Å². The second-order valence-corrected chi connectivity index (χ2v) is 6.24. The Kier molecular flexibility index (Phi) is 6.19. The van der Waals surface area contributed by atoms with Crippen molar-refractivity contribution in [3.8, 4) is 5.75 Å². The third-order valence-electron chi connectivity index (χ3n) is 4.32. The van der Waals surface area contributed by atoms with E-state index in [1.54, 1.807) is 0 Å². The van der Waals surface area contributed by atoms with E-state index >= 15 is 0 Å². The van der Waals surface area contributed by atoms with Gasteiger partial charge in [0.05, 0.1) is 12.3 Å². The lowest BCUT2D eigenvalue weighted by Crippen LogP contribution is -2.41. The molecule has 2 rings (SSSR count). The molecular weight excluding hydrogens is 284 g/mol. The summed E-state index contributed by atoms with van der Waals surface area (Å²) in [6, 6.07) is 6.20. The maximum atomic E-state index is 6.13. The first-order chi connectivity index (χ1) is 10.1. The Labute approximate surface area is 133 Å². The van der Waals surface area contributed by atoms with Gasteiger partial charge >= 0.3 is 0 Å². The summed E-state index contributed by atoms with van der Waals surface area (Å²) in [7, 11) is 0. The lowest BCUT2D eigenvalue weighted by atomic mass is 9.91. The third-order valence-corrected chi connectivity index (χ3v) is 4.56. The quantitative estimate of drug-likeness (QED) is 0.849. The fourth-order valence-corrected chi connectivity index (χ4v) is 3.22. The zero-order valence-corrected chi connectivity index (χ0v) is 14.1. The van der Waals surface area contributed by atoms with E-state index in [1.165, 1.54) is 25.9 Å². The number of hydrogen-bond acceptors (Lipinski definition) is 3. The first kappa shape index (κ1) is 16.4. The Hall–Kier alpha value is -0.930. The third kappa shape index (κ3) is 4.52. The molecule has 1 saturated heterocycles. The molecule has 2 unspecified atom stereocenters. The van der Waals surface area contributed by atoms with Crippen molar-refractivity contribution in [2.75, 3.05) is 31.6 Å². The summed E-state index contributed by atoms with van der Waals surface area (Å²) in [4.78, 5) is 2.54. The summed E-state index contributed by atoms with van der Waals surface area (Å²) >= 11 is 6.13. The molecule has 0 bridgehead atoms. The van der Waals surface area contributed by atoms with Crippen LogP contribution in [0.3, 0.4) is 0 Å². The van der Waals surface area contributed by atoms with Crippen LogP contribution in [0.4, 0.5) is 5.69 Å². The highest BCUT2D eigenvalue weighted by molar-refractivity contribution is 6.30. The highest BCUT2D eigenvalue weighted by atomic mass is 35.5. The molecule has 1 heterocycles. The van der Waals surface area contributed by atoms with Crippen molar-refractivity contribution in [2.24, 2.45) is 5.92 Å². The van der Waals surface area contributed by atoms with Crippen molar-refractivity contribution < 1.29 is 4.74 Å². The van der Waals surface area contributed by atoms with Crippen LogP contribution in [0.25, 0.3) is 0 Å². The lowest BCUT2D eigenvalue weighted by Gasteiger charge is -2.36. The Morgan fingerprint density at radius 2 is 2.24 bits per heavy atom. The van der Waals surface area contributed by atoms with Gasteiger partial charge in [-0.05, 0) is 63.9 Å². The van der Waals surface area contributed by atoms with Gasteiger partial charge in [0.15, 0.2) is 0 Å². The van der Waals surface area contributed by atoms with Crippen molar-refractivity contribution in [2.45, 2.75) is 39.7 Å². The minimum atomic E-state index is 0.414. The number of rotatable bonds is 6. The van der Waals surface area contributed by atoms with E-state index in [-0.39, 0.29) is 0 Å². The number of nitrogens with one attached hydrogen (secondary N) is 1. The van der Waals surface area contributed by atoms with Crippen molar-refractivity contribution >= 4 is 17.3 Å². The molecule has 0 radical (unpaired) electrons. The van der Waals surface area contributed by atoms with Crippen LogP contribution in [0.5, 0.6) is 5.75 Å². The predicted molar refractivity (Wildman–Crippen MR) is 90.5 cm³/mol. The zero-order chi connectivity index (χ0) is 15.2. The normalized spacial score (nSPS) is 21.0. The van der Waals surface area contributed by atoms with E-state index in [2.05, 4.69) is 24.1 Å². The second-order valence-electron chi connectivity index (χ2n) is 5.80. The molecule has 1 aliphatic rings. The molecule has 3 nitrogen and oxygen atoms in total. The van der Waals surface area contributed by atoms with E-state index in [0.29, 0.717) is 18.6 Å². The molecule has 4 heteroatoms. The highest BCUT2D eigenvalue weighted by Gasteiger charge is 2.24. The van der Waals surface area contributed by atoms with Gasteiger partial charge < -0.3 is 15.0 Å². The van der Waals surface area contributed by atoms with Crippen LogP contribution < -0.4 is 10.1 Å². The Bertz CT molecular complexity index is 452. The highest BCUT2D eigenvalue weighted by Crippen LogP contribution is 2.30. The van der Waals surface area contributed by atoms with Gasteiger partial charge in [0.1, 0.15) is 5.75 Å². The van der Waals surface area contributed by atoms with E-state index < -0.39 is 0 Å². The number of hydrogen-bond donors (Lipinski definition) is 1. The van der Waals surface area contributed by atoms with Crippen LogP contribution in [0.15, 0.2) is 18.2 Å². The molecule has 0 amide bonds. The molecule has 0 aromatic heterocycles. The standard InChI is InChI=1S/C17H27ClN2O/c1-4-20-10-6-7-14(12-20)13(3)19-16-11-15(18)8-9-17(16)21-5-2/h8-9,11,13-14,19H,4-7,10,12H2,1-3H3. The van der Waals surface area contributed by atoms with Crippen molar-refractivity contribution in [3.05, 3.63) is 23.2 Å². The van der Waals surface area contributed by atoms with Crippen LogP contribution in [-0.2, 0) is 0 Å². The minimum absolute atomic E-state index is 0.414. The molecule has 2 atom stereocenters. The average molecular weight is 311 g/mol. The molecule has 1 aromatic carbocycles. The van der Waals surface area contributed by atoms with Crippen LogP contribution in [0.1, 0.15) is 33.6 Å². The van der Waals surface area contributed by atoms with E-state index in [1.807, 2.05) is 25.1 Å². The number of benzene rings is 1. The van der Waals surface area contributed by atoms with Gasteiger partial charge in [-0.25, -0.2) is 0 Å². The molecule has 0 spiro atoms. The number of likely N-dealkylation sites (tertiary alicyclic amines) is 1. The maximum Gasteiger partial charge on any atom is 0.142 e. The first-order valence-corrected chi connectivity index (χ1v) is 8.43. The number of anilines is 1. The molecule has 118 valence electrons. The lowest BCUT2D eigenvalue weighted by molar-refractivity contribution is 0.172. The van der Waals surface area contributed by atoms with Crippen LogP contribution in [0.2, 0.25) is 5.02 Å². The molecule has 1 N–H and O–H groups in total. The van der Waals surface area contributed by atoms with E-state index in [0.717, 1.165) is 23.0 Å². The van der Waals surface area contributed by atoms with Gasteiger partial charge in [-0.15, -0.1) is 0 Å². The van der Waals surface area contributed by atoms with Gasteiger partial charge in [0.25, 0.3) is 0 Å². The summed E-state index contributed by atoms with van der Waals surface area (Å²) in [6.07, 6.45) is 2.58. The number of nitrogens with zero attached hydrogens (tertiary/aromatic N) is 1. The molecule has 0 aliphatic carbocycles. The first-order valence-electron chi connectivity index (χ1n) is 8.05. The van der Waals surface area contributed by atoms with Crippen LogP contribution in [-0.4, -0.2) is 37.2 Å². The molecule has 1 fully saturated rings. The Balaban J connectivity index is 2.04. The summed E-state index contributed by atoms with van der Waals surface area (Å²) < 4.78 is 5.69. The topological polar surface area (TPSA) is 24.5 Å². The Morgan fingerprint density at radius 1 is 1.43 bits per heavy atom. The van der Waals surface area contributed by atoms with Gasteiger partial charge in [-0.2, -0.15) is 0 Å². The van der Waals surface area contributed by atoms with Gasteiger partial charge in [-0.1, -0.05) is 18.5 Å². The van der Waals surface area contributed by atoms with Crippen LogP contribution in [0, 0.1) is 5.92 Å². The minimum Gasteiger partial charge on any atom is -0.492 e. The number of piperidine rings is 1. The summed E-state index contributed by atoms with van der Waals surface area (Å²) in [6.45, 7) is 10.7. The summed E-state index contributed by atoms with van der Waals surface area (Å²) in [5.41, 5.74) is 1.01. The maximum absolute atomic E-state index is 6.13. The van der Waals surface area contributed by atoms with Crippen molar-refractivity contribution in [1.29, 1.82) is 0 Å². The smallest absolute Gasteiger partial charge is 0.142 e. The van der Waals surface area contributed by atoms with Crippen LogP contribution >= 0.6 is 11.6 Å². The Morgan fingerprint density at radius 3 is 2.95 bits per heavy atom. The molecule has 1 aromatic rings. The van der Waals surface area contributed by atoms with Crippen molar-refractivity contribution in [1.82, 2.24) is 4.90 Å². The largest absolute Gasteiger partial charge is 0.492 e. The molecular formula is C17H27ClN2O. The molecule has 1 aliphatic heterocycles. The SMILES string of the molecule is CCOc1ccc(Cl)cc1NC(C)C1CCCN(CC)C1. The van der Waals surface area contributed by atoms with E-state index in [9.17, 15) is 0 Å².